The number of unbranched alkanes of at least 4 members (excludes halogenated alkanes) is 1. The van der Waals surface area contributed by atoms with Gasteiger partial charge in [-0.25, -0.2) is 0 Å². The number of carbonyl (C=O) groups excluding carboxylic acids is 1. The van der Waals surface area contributed by atoms with E-state index in [1.165, 1.54) is 0 Å². The van der Waals surface area contributed by atoms with Gasteiger partial charge in [-0.15, -0.1) is 6.58 Å². The molecule has 0 N–H and O–H groups in total. The Morgan fingerprint density at radius 2 is 1.82 bits per heavy atom. The quantitative estimate of drug-likeness (QED) is 0.370. The van der Waals surface area contributed by atoms with Crippen molar-refractivity contribution >= 4 is 14.6 Å². The van der Waals surface area contributed by atoms with Crippen LogP contribution in [0.2, 0.25) is 19.6 Å². The Balaban J connectivity index is 5.29. The van der Waals surface area contributed by atoms with Crippen LogP contribution in [0.15, 0.2) is 12.7 Å². The predicted octanol–water partition coefficient (Wildman–Crippen LogP) is 4.18. The molecule has 2 nitrogen and oxygen atoms in total. The van der Waals surface area contributed by atoms with Gasteiger partial charge in [0.15, 0.2) is 14.6 Å². The van der Waals surface area contributed by atoms with Crippen LogP contribution in [0.5, 0.6) is 0 Å². The summed E-state index contributed by atoms with van der Waals surface area (Å²) < 4.78 is 6.23. The van der Waals surface area contributed by atoms with E-state index in [0.29, 0.717) is 0 Å². The summed E-state index contributed by atoms with van der Waals surface area (Å²) >= 11 is 0. The van der Waals surface area contributed by atoms with Crippen LogP contribution in [0.25, 0.3) is 0 Å². The zero-order chi connectivity index (χ0) is 13.7. The van der Waals surface area contributed by atoms with Crippen LogP contribution >= 0.6 is 0 Å². The topological polar surface area (TPSA) is 26.3 Å². The van der Waals surface area contributed by atoms with Crippen molar-refractivity contribution in [2.75, 3.05) is 0 Å². The third kappa shape index (κ3) is 4.40. The van der Waals surface area contributed by atoms with Crippen molar-refractivity contribution in [2.45, 2.75) is 65.3 Å². The molecule has 0 heterocycles. The third-order valence-corrected chi connectivity index (χ3v) is 4.16. The predicted molar refractivity (Wildman–Crippen MR) is 76.7 cm³/mol. The van der Waals surface area contributed by atoms with Crippen LogP contribution < -0.4 is 0 Å². The molecule has 17 heavy (non-hydrogen) atoms. The molecule has 0 rings (SSSR count). The fourth-order valence-electron chi connectivity index (χ4n) is 1.90. The molecular formula is C14H28O2Si. The minimum Gasteiger partial charge on any atom is -0.405 e. The lowest BCUT2D eigenvalue weighted by molar-refractivity contribution is -0.131. The lowest BCUT2D eigenvalue weighted by Crippen LogP contribution is -2.53. The number of carbonyl (C=O) groups is 1. The van der Waals surface area contributed by atoms with E-state index in [1.54, 1.807) is 0 Å². The normalized spacial score (nSPS) is 16.4. The van der Waals surface area contributed by atoms with E-state index >= 15 is 0 Å². The van der Waals surface area contributed by atoms with Gasteiger partial charge in [-0.3, -0.25) is 0 Å². The second kappa shape index (κ2) is 5.96. The molecule has 1 atom stereocenters. The molecule has 100 valence electrons. The van der Waals surface area contributed by atoms with E-state index in [-0.39, 0.29) is 5.41 Å². The first kappa shape index (κ1) is 16.6. The number of hydrogen-bond acceptors (Lipinski definition) is 2. The Hall–Kier alpha value is -0.413. The summed E-state index contributed by atoms with van der Waals surface area (Å²) in [6.45, 7) is 16.4. The summed E-state index contributed by atoms with van der Waals surface area (Å²) in [5.74, 6) is 0. The van der Waals surface area contributed by atoms with Crippen molar-refractivity contribution in [2.24, 2.45) is 5.41 Å². The van der Waals surface area contributed by atoms with Crippen molar-refractivity contribution in [1.29, 1.82) is 0 Å². The van der Waals surface area contributed by atoms with E-state index in [4.69, 9.17) is 4.43 Å². The molecule has 0 unspecified atom stereocenters. The number of aldehydes is 1. The summed E-state index contributed by atoms with van der Waals surface area (Å²) in [5, 5.41) is 0. The van der Waals surface area contributed by atoms with Crippen molar-refractivity contribution in [3.63, 3.8) is 0 Å². The van der Waals surface area contributed by atoms with Gasteiger partial charge < -0.3 is 9.22 Å². The minimum absolute atomic E-state index is 0.329. The first-order valence-electron chi connectivity index (χ1n) is 6.44. The molecule has 0 aromatic rings. The molecular weight excluding hydrogens is 228 g/mol. The maximum atomic E-state index is 11.7. The highest BCUT2D eigenvalue weighted by atomic mass is 28.4. The average Bonchev–Trinajstić information content (AvgIpc) is 2.22. The van der Waals surface area contributed by atoms with E-state index in [1.807, 2.05) is 19.9 Å². The standard InChI is InChI=1S/C14H28O2Si/c1-8-10-11-14(12-15,13(3,4)9-2)16-17(5,6)7/h9,12H,2,8,10-11H2,1,3-7H3/t14-/m1/s1. The molecule has 0 spiro atoms. The average molecular weight is 256 g/mol. The first-order chi connectivity index (χ1) is 7.64. The lowest BCUT2D eigenvalue weighted by atomic mass is 9.73. The van der Waals surface area contributed by atoms with Crippen LogP contribution in [0.1, 0.15) is 40.0 Å². The highest BCUT2D eigenvalue weighted by molar-refractivity contribution is 6.70. The summed E-state index contributed by atoms with van der Waals surface area (Å²) in [6.07, 6.45) is 5.69. The van der Waals surface area contributed by atoms with E-state index < -0.39 is 13.9 Å². The van der Waals surface area contributed by atoms with Gasteiger partial charge in [0, 0.05) is 5.41 Å². The Labute approximate surface area is 108 Å². The molecule has 0 bridgehead atoms. The van der Waals surface area contributed by atoms with Gasteiger partial charge >= 0.3 is 0 Å². The van der Waals surface area contributed by atoms with Crippen LogP contribution in [-0.2, 0) is 9.22 Å². The summed E-state index contributed by atoms with van der Waals surface area (Å²) in [7, 11) is -1.77. The van der Waals surface area contributed by atoms with Crippen LogP contribution in [-0.4, -0.2) is 20.2 Å². The smallest absolute Gasteiger partial charge is 0.185 e. The molecule has 0 saturated carbocycles. The monoisotopic (exact) mass is 256 g/mol. The maximum Gasteiger partial charge on any atom is 0.185 e. The molecule has 3 heteroatoms. The Bertz CT molecular complexity index is 266. The maximum absolute atomic E-state index is 11.7. The largest absolute Gasteiger partial charge is 0.405 e. The number of hydrogen-bond donors (Lipinski definition) is 0. The molecule has 0 aliphatic rings. The Morgan fingerprint density at radius 1 is 1.29 bits per heavy atom. The second-order valence-electron chi connectivity index (χ2n) is 6.25. The molecule has 0 aliphatic heterocycles. The van der Waals surface area contributed by atoms with Gasteiger partial charge in [-0.1, -0.05) is 39.7 Å². The lowest BCUT2D eigenvalue weighted by Gasteiger charge is -2.45. The van der Waals surface area contributed by atoms with Crippen molar-refractivity contribution in [1.82, 2.24) is 0 Å². The van der Waals surface area contributed by atoms with Gasteiger partial charge in [0.25, 0.3) is 0 Å². The molecule has 0 aromatic heterocycles. The highest BCUT2D eigenvalue weighted by Gasteiger charge is 2.46. The first-order valence-corrected chi connectivity index (χ1v) is 9.85. The van der Waals surface area contributed by atoms with E-state index in [2.05, 4.69) is 33.1 Å². The summed E-state index contributed by atoms with van der Waals surface area (Å²) in [4.78, 5) is 11.7. The van der Waals surface area contributed by atoms with Crippen molar-refractivity contribution in [3.05, 3.63) is 12.7 Å². The molecule has 0 amide bonds. The molecule has 0 saturated heterocycles. The molecule has 0 radical (unpaired) electrons. The Morgan fingerprint density at radius 3 is 2.12 bits per heavy atom. The van der Waals surface area contributed by atoms with Gasteiger partial charge in [0.1, 0.15) is 5.60 Å². The minimum atomic E-state index is -1.77. The van der Waals surface area contributed by atoms with Gasteiger partial charge in [-0.05, 0) is 26.1 Å². The molecule has 0 fully saturated rings. The van der Waals surface area contributed by atoms with Crippen LogP contribution in [0, 0.1) is 5.41 Å². The summed E-state index contributed by atoms with van der Waals surface area (Å²) in [6, 6.07) is 0. The Kier molecular flexibility index (Phi) is 5.82. The fourth-order valence-corrected chi connectivity index (χ4v) is 3.40. The highest BCUT2D eigenvalue weighted by Crippen LogP contribution is 2.40. The van der Waals surface area contributed by atoms with Gasteiger partial charge in [0.2, 0.25) is 0 Å². The molecule has 0 aromatic carbocycles. The van der Waals surface area contributed by atoms with Gasteiger partial charge in [0.05, 0.1) is 0 Å². The summed E-state index contributed by atoms with van der Waals surface area (Å²) in [5.41, 5.74) is -1.04. The SMILES string of the molecule is C=CC(C)(C)[C@](C=O)(CCCC)O[Si](C)(C)C. The zero-order valence-corrected chi connectivity index (χ0v) is 13.3. The zero-order valence-electron chi connectivity index (χ0n) is 12.3. The molecule has 0 aliphatic carbocycles. The van der Waals surface area contributed by atoms with Crippen molar-refractivity contribution < 1.29 is 9.22 Å². The van der Waals surface area contributed by atoms with Crippen LogP contribution in [0.3, 0.4) is 0 Å². The third-order valence-electron chi connectivity index (χ3n) is 3.18. The second-order valence-corrected chi connectivity index (χ2v) is 10.7. The van der Waals surface area contributed by atoms with Crippen LogP contribution in [0.4, 0.5) is 0 Å². The fraction of sp³-hybridized carbons (Fsp3) is 0.786. The van der Waals surface area contributed by atoms with Gasteiger partial charge in [-0.2, -0.15) is 0 Å². The number of rotatable bonds is 8. The van der Waals surface area contributed by atoms with E-state index in [9.17, 15) is 4.79 Å². The van der Waals surface area contributed by atoms with Crippen molar-refractivity contribution in [3.8, 4) is 0 Å². The van der Waals surface area contributed by atoms with E-state index in [0.717, 1.165) is 25.5 Å².